The van der Waals surface area contributed by atoms with Crippen molar-refractivity contribution in [2.24, 2.45) is 0 Å². The summed E-state index contributed by atoms with van der Waals surface area (Å²) in [6.45, 7) is 3.70. The molecule has 3 N–H and O–H groups in total. The Labute approximate surface area is 121 Å². The fourth-order valence-corrected chi connectivity index (χ4v) is 2.13. The molecule has 0 aliphatic rings. The first-order chi connectivity index (χ1) is 9.38. The van der Waals surface area contributed by atoms with Crippen LogP contribution in [-0.2, 0) is 0 Å². The van der Waals surface area contributed by atoms with Crippen molar-refractivity contribution in [3.05, 3.63) is 57.9 Å². The number of amides is 1. The molecule has 0 aromatic heterocycles. The summed E-state index contributed by atoms with van der Waals surface area (Å²) in [5, 5.41) is 2.75. The Balaban J connectivity index is 2.30. The first-order valence-corrected chi connectivity index (χ1v) is 6.39. The number of carbonyl (C=O) groups excluding carboxylic acids is 1. The van der Waals surface area contributed by atoms with Crippen molar-refractivity contribution in [3.63, 3.8) is 0 Å². The van der Waals surface area contributed by atoms with Crippen molar-refractivity contribution in [2.45, 2.75) is 13.8 Å². The lowest BCUT2D eigenvalue weighted by atomic mass is 10.1. The number of nitrogen functional groups attached to an aromatic ring is 1. The molecule has 104 valence electrons. The topological polar surface area (TPSA) is 55.1 Å². The second-order valence-electron chi connectivity index (χ2n) is 4.61. The van der Waals surface area contributed by atoms with E-state index >= 15 is 0 Å². The van der Waals surface area contributed by atoms with Crippen molar-refractivity contribution >= 4 is 28.9 Å². The summed E-state index contributed by atoms with van der Waals surface area (Å²) >= 11 is 5.59. The zero-order valence-corrected chi connectivity index (χ0v) is 11.9. The van der Waals surface area contributed by atoms with E-state index in [-0.39, 0.29) is 10.6 Å². The highest BCUT2D eigenvalue weighted by molar-refractivity contribution is 6.30. The van der Waals surface area contributed by atoms with Gasteiger partial charge in [-0.25, -0.2) is 4.39 Å². The van der Waals surface area contributed by atoms with Crippen LogP contribution in [0.5, 0.6) is 0 Å². The van der Waals surface area contributed by atoms with Gasteiger partial charge in [0.05, 0.1) is 5.02 Å². The first-order valence-electron chi connectivity index (χ1n) is 6.01. The van der Waals surface area contributed by atoms with Crippen LogP contribution in [0.3, 0.4) is 0 Å². The monoisotopic (exact) mass is 292 g/mol. The molecule has 0 saturated carbocycles. The summed E-state index contributed by atoms with van der Waals surface area (Å²) in [7, 11) is 0. The largest absolute Gasteiger partial charge is 0.399 e. The van der Waals surface area contributed by atoms with E-state index < -0.39 is 11.7 Å². The summed E-state index contributed by atoms with van der Waals surface area (Å²) in [5.74, 6) is -1.01. The predicted octanol–water partition coefficient (Wildman–Crippen LogP) is 3.93. The number of anilines is 2. The van der Waals surface area contributed by atoms with Gasteiger partial charge in [-0.15, -0.1) is 0 Å². The molecule has 0 radical (unpaired) electrons. The minimum atomic E-state index is -0.620. The molecule has 0 heterocycles. The molecular formula is C15H14ClFN2O. The van der Waals surface area contributed by atoms with Crippen LogP contribution in [0.4, 0.5) is 15.8 Å². The lowest BCUT2D eigenvalue weighted by Crippen LogP contribution is -2.14. The zero-order chi connectivity index (χ0) is 14.9. The Hall–Kier alpha value is -2.07. The smallest absolute Gasteiger partial charge is 0.255 e. The quantitative estimate of drug-likeness (QED) is 0.824. The Morgan fingerprint density at radius 1 is 1.20 bits per heavy atom. The van der Waals surface area contributed by atoms with Crippen molar-refractivity contribution in [3.8, 4) is 0 Å². The van der Waals surface area contributed by atoms with Crippen molar-refractivity contribution < 1.29 is 9.18 Å². The van der Waals surface area contributed by atoms with Gasteiger partial charge in [-0.05, 0) is 55.3 Å². The lowest BCUT2D eigenvalue weighted by molar-refractivity contribution is 0.102. The number of hydrogen-bond donors (Lipinski definition) is 2. The Kier molecular flexibility index (Phi) is 3.95. The fourth-order valence-electron chi connectivity index (χ4n) is 2.02. The van der Waals surface area contributed by atoms with Gasteiger partial charge in [-0.3, -0.25) is 4.79 Å². The minimum Gasteiger partial charge on any atom is -0.399 e. The summed E-state index contributed by atoms with van der Waals surface area (Å²) < 4.78 is 13.4. The van der Waals surface area contributed by atoms with Gasteiger partial charge in [0.1, 0.15) is 5.82 Å². The Morgan fingerprint density at radius 2 is 1.80 bits per heavy atom. The minimum absolute atomic E-state index is 0.0126. The van der Waals surface area contributed by atoms with E-state index in [2.05, 4.69) is 5.32 Å². The summed E-state index contributed by atoms with van der Waals surface area (Å²) in [6.07, 6.45) is 0. The fraction of sp³-hybridized carbons (Fsp3) is 0.133. The highest BCUT2D eigenvalue weighted by Crippen LogP contribution is 2.24. The normalized spacial score (nSPS) is 10.4. The highest BCUT2D eigenvalue weighted by Gasteiger charge is 2.12. The third-order valence-corrected chi connectivity index (χ3v) is 3.28. The van der Waals surface area contributed by atoms with E-state index in [1.807, 2.05) is 13.8 Å². The molecule has 0 bridgehead atoms. The van der Waals surface area contributed by atoms with Crippen LogP contribution in [0.25, 0.3) is 0 Å². The van der Waals surface area contributed by atoms with Crippen molar-refractivity contribution in [1.29, 1.82) is 0 Å². The molecule has 0 aliphatic carbocycles. The van der Waals surface area contributed by atoms with E-state index in [9.17, 15) is 9.18 Å². The molecule has 3 nitrogen and oxygen atoms in total. The number of benzene rings is 2. The van der Waals surface area contributed by atoms with Gasteiger partial charge in [0.15, 0.2) is 0 Å². The second kappa shape index (κ2) is 5.51. The average Bonchev–Trinajstić information content (AvgIpc) is 2.36. The number of aryl methyl sites for hydroxylation is 2. The highest BCUT2D eigenvalue weighted by atomic mass is 35.5. The molecule has 2 rings (SSSR count). The molecule has 0 unspecified atom stereocenters. The van der Waals surface area contributed by atoms with Crippen LogP contribution in [0.2, 0.25) is 5.02 Å². The number of nitrogens with two attached hydrogens (primary N) is 1. The van der Waals surface area contributed by atoms with E-state index in [1.54, 1.807) is 12.1 Å². The first kappa shape index (κ1) is 14.3. The maximum Gasteiger partial charge on any atom is 0.255 e. The third kappa shape index (κ3) is 2.91. The number of halogens is 2. The summed E-state index contributed by atoms with van der Waals surface area (Å²) in [5.41, 5.74) is 8.96. The van der Waals surface area contributed by atoms with Gasteiger partial charge in [0.25, 0.3) is 5.91 Å². The number of nitrogens with one attached hydrogen (secondary N) is 1. The van der Waals surface area contributed by atoms with Gasteiger partial charge in [-0.1, -0.05) is 11.6 Å². The van der Waals surface area contributed by atoms with Crippen LogP contribution in [0, 0.1) is 19.7 Å². The Bertz CT molecular complexity index is 663. The van der Waals surface area contributed by atoms with E-state index in [1.165, 1.54) is 12.1 Å². The standard InChI is InChI=1S/C15H14ClFN2O/c1-8-5-11(18)6-9(2)14(8)19-15(20)10-3-4-12(16)13(17)7-10/h3-7H,18H2,1-2H3,(H,19,20). The summed E-state index contributed by atoms with van der Waals surface area (Å²) in [6, 6.07) is 7.48. The molecule has 2 aromatic rings. The second-order valence-corrected chi connectivity index (χ2v) is 5.02. The molecule has 0 saturated heterocycles. The van der Waals surface area contributed by atoms with Gasteiger partial charge < -0.3 is 11.1 Å². The lowest BCUT2D eigenvalue weighted by Gasteiger charge is -2.13. The average molecular weight is 293 g/mol. The molecular weight excluding hydrogens is 279 g/mol. The zero-order valence-electron chi connectivity index (χ0n) is 11.1. The number of rotatable bonds is 2. The molecule has 0 atom stereocenters. The van der Waals surface area contributed by atoms with Gasteiger partial charge in [0.2, 0.25) is 0 Å². The van der Waals surface area contributed by atoms with Gasteiger partial charge in [0, 0.05) is 16.9 Å². The van der Waals surface area contributed by atoms with Gasteiger partial charge >= 0.3 is 0 Å². The van der Waals surface area contributed by atoms with Gasteiger partial charge in [-0.2, -0.15) is 0 Å². The molecule has 0 aliphatic heterocycles. The number of hydrogen-bond acceptors (Lipinski definition) is 2. The molecule has 0 fully saturated rings. The van der Waals surface area contributed by atoms with Crippen molar-refractivity contribution in [1.82, 2.24) is 0 Å². The van der Waals surface area contributed by atoms with Crippen LogP contribution in [0.1, 0.15) is 21.5 Å². The molecule has 20 heavy (non-hydrogen) atoms. The Morgan fingerprint density at radius 3 is 2.35 bits per heavy atom. The number of carbonyl (C=O) groups is 1. The van der Waals surface area contributed by atoms with E-state index in [4.69, 9.17) is 17.3 Å². The van der Waals surface area contributed by atoms with Crippen LogP contribution < -0.4 is 11.1 Å². The SMILES string of the molecule is Cc1cc(N)cc(C)c1NC(=O)c1ccc(Cl)c(F)c1. The predicted molar refractivity (Wildman–Crippen MR) is 79.7 cm³/mol. The van der Waals surface area contributed by atoms with Crippen LogP contribution in [0.15, 0.2) is 30.3 Å². The molecule has 0 spiro atoms. The summed E-state index contributed by atoms with van der Waals surface area (Å²) in [4.78, 5) is 12.1. The van der Waals surface area contributed by atoms with Crippen LogP contribution in [-0.4, -0.2) is 5.91 Å². The maximum atomic E-state index is 13.4. The third-order valence-electron chi connectivity index (χ3n) is 2.98. The van der Waals surface area contributed by atoms with Crippen molar-refractivity contribution in [2.75, 3.05) is 11.1 Å². The van der Waals surface area contributed by atoms with E-state index in [0.29, 0.717) is 11.4 Å². The molecule has 2 aromatic carbocycles. The van der Waals surface area contributed by atoms with E-state index in [0.717, 1.165) is 17.2 Å². The molecule has 1 amide bonds. The molecule has 5 heteroatoms. The maximum absolute atomic E-state index is 13.4. The van der Waals surface area contributed by atoms with Crippen LogP contribution >= 0.6 is 11.6 Å².